The zero-order valence-electron chi connectivity index (χ0n) is 41.2. The van der Waals surface area contributed by atoms with Crippen molar-refractivity contribution in [2.75, 3.05) is 80.4 Å². The third-order valence-electron chi connectivity index (χ3n) is 12.3. The van der Waals surface area contributed by atoms with Gasteiger partial charge in [-0.15, -0.1) is 0 Å². The molecule has 0 aromatic carbocycles. The van der Waals surface area contributed by atoms with E-state index in [1.165, 1.54) is 21.1 Å². The molecule has 37 heteroatoms. The van der Waals surface area contributed by atoms with Crippen molar-refractivity contribution in [3.63, 3.8) is 0 Å². The number of carbonyl (C=O) groups excluding carboxylic acids is 3. The summed E-state index contributed by atoms with van der Waals surface area (Å²) in [6.45, 7) is -4.94. The number of likely N-dealkylation sites (N-methyl/N-ethyl adjacent to an activating group) is 3. The van der Waals surface area contributed by atoms with Crippen LogP contribution in [0.5, 0.6) is 0 Å². The van der Waals surface area contributed by atoms with Crippen LogP contribution in [-0.2, 0) is 28.8 Å². The van der Waals surface area contributed by atoms with Gasteiger partial charge in [0.15, 0.2) is 24.0 Å². The van der Waals surface area contributed by atoms with E-state index in [1.54, 1.807) is 0 Å². The Bertz CT molecular complexity index is 1730. The highest BCUT2D eigenvalue weighted by atomic mass is 16.4. The third-order valence-corrected chi connectivity index (χ3v) is 12.3. The molecule has 3 aliphatic rings. The summed E-state index contributed by atoms with van der Waals surface area (Å²) in [7, 11) is 4.19. The molecule has 0 saturated carbocycles. The molecule has 440 valence electrons. The predicted octanol–water partition coefficient (Wildman–Crippen LogP) is -15.0. The Kier molecular flexibility index (Phi) is 29.4. The summed E-state index contributed by atoms with van der Waals surface area (Å²) >= 11 is 0. The molecule has 37 nitrogen and oxygen atoms in total. The average molecular weight is 1110 g/mol. The first kappa shape index (κ1) is 70.0. The van der Waals surface area contributed by atoms with Gasteiger partial charge in [0.05, 0.1) is 102 Å². The molecular formula is C39H74N12O25. The summed E-state index contributed by atoms with van der Waals surface area (Å²) in [4.78, 5) is 73.4. The minimum atomic E-state index is -2.20. The monoisotopic (exact) mass is 1110 g/mol. The average Bonchev–Trinajstić information content (AvgIpc) is 3.35. The first-order valence-electron chi connectivity index (χ1n) is 22.4. The molecule has 0 aromatic heterocycles. The van der Waals surface area contributed by atoms with E-state index >= 15 is 0 Å². The molecule has 0 aromatic rings. The lowest BCUT2D eigenvalue weighted by atomic mass is 9.88. The van der Waals surface area contributed by atoms with E-state index in [-0.39, 0.29) is 37.5 Å². The SMILES string of the molecule is CN(CC(=O)N1[C@H](CO)[C@@H](O)C(O)[C@H](O)[C@H]1CO)C(=N)N.CN(CC(=O)N1[C@H](CO)[C@@H](O)C(O)[C@H](O)[C@H]1CO)C(=N)N.CN(CC(=O)N1[C@H](CO)[C@@H](O)C(O)[C@H](O)[C@H]1CO)C(=N)N.O=C(O)CC(C(=O)O)C(O)C(=O)O. The first-order valence-corrected chi connectivity index (χ1v) is 22.4. The molecule has 0 aliphatic carbocycles. The van der Waals surface area contributed by atoms with Crippen molar-refractivity contribution in [1.82, 2.24) is 29.4 Å². The maximum Gasteiger partial charge on any atom is 0.333 e. The second-order valence-electron chi connectivity index (χ2n) is 17.4. The lowest BCUT2D eigenvalue weighted by Gasteiger charge is -2.48. The van der Waals surface area contributed by atoms with Gasteiger partial charge in [0, 0.05) is 21.1 Å². The molecule has 3 heterocycles. The van der Waals surface area contributed by atoms with Crippen LogP contribution >= 0.6 is 0 Å². The van der Waals surface area contributed by atoms with E-state index in [9.17, 15) is 105 Å². The molecule has 76 heavy (non-hydrogen) atoms. The fourth-order valence-electron chi connectivity index (χ4n) is 7.79. The highest BCUT2D eigenvalue weighted by Crippen LogP contribution is 2.27. The number of carboxylic acid groups (broad SMARTS) is 3. The van der Waals surface area contributed by atoms with Gasteiger partial charge >= 0.3 is 17.9 Å². The van der Waals surface area contributed by atoms with E-state index in [1.807, 2.05) is 0 Å². The second kappa shape index (κ2) is 31.9. The van der Waals surface area contributed by atoms with Crippen molar-refractivity contribution in [2.24, 2.45) is 23.1 Å². The van der Waals surface area contributed by atoms with Gasteiger partial charge in [-0.05, 0) is 0 Å². The van der Waals surface area contributed by atoms with Crippen LogP contribution in [0.15, 0.2) is 0 Å². The number of nitrogens with zero attached hydrogens (tertiary/aromatic N) is 6. The zero-order chi connectivity index (χ0) is 59.5. The Labute approximate surface area is 431 Å². The fraction of sp³-hybridized carbons (Fsp3) is 0.769. The Morgan fingerprint density at radius 3 is 0.750 bits per heavy atom. The lowest BCUT2D eigenvalue weighted by molar-refractivity contribution is -0.188. The lowest BCUT2D eigenvalue weighted by Crippen LogP contribution is -2.70. The van der Waals surface area contributed by atoms with Crippen LogP contribution in [0.25, 0.3) is 0 Å². The summed E-state index contributed by atoms with van der Waals surface area (Å²) in [5, 5.41) is 199. The van der Waals surface area contributed by atoms with E-state index < -0.39 is 185 Å². The van der Waals surface area contributed by atoms with E-state index in [4.69, 9.17) is 53.9 Å². The number of aliphatic hydroxyl groups is 16. The van der Waals surface area contributed by atoms with E-state index in [0.717, 1.165) is 29.4 Å². The standard InChI is InChI=1S/3C11H22N4O6.C6H8O7/c3*1-14(11(12)13)2-7(18)15-5(3-16)8(19)10(21)9(20)6(15)4-17;7-3(8)1-2(5(10)11)4(9)6(12)13/h3*5-6,8-10,16-17,19-21H,2-4H2,1H3,(H3,12,13);2,4,9H,1H2,(H,7,8)(H,10,11)(H,12,13)/t3*5-,6-,8-,9-;/m111./s1. The van der Waals surface area contributed by atoms with Crippen molar-refractivity contribution in [1.29, 1.82) is 16.2 Å². The maximum absolute atomic E-state index is 12.3. The van der Waals surface area contributed by atoms with E-state index in [2.05, 4.69) is 0 Å². The number of amides is 3. The minimum absolute atomic E-state index is 0.335. The van der Waals surface area contributed by atoms with Crippen LogP contribution in [0.1, 0.15) is 6.42 Å². The quantitative estimate of drug-likeness (QED) is 0.0475. The number of guanidine groups is 3. The van der Waals surface area contributed by atoms with Crippen LogP contribution in [0, 0.1) is 22.1 Å². The molecular weight excluding hydrogens is 1040 g/mol. The molecule has 3 fully saturated rings. The maximum atomic E-state index is 12.3. The Hall–Kier alpha value is -6.01. The molecule has 3 amide bonds. The van der Waals surface area contributed by atoms with Crippen molar-refractivity contribution in [2.45, 2.75) is 104 Å². The van der Waals surface area contributed by atoms with Crippen LogP contribution in [0.3, 0.4) is 0 Å². The summed E-state index contributed by atoms with van der Waals surface area (Å²) in [6.07, 6.45) is -17.2. The molecule has 3 rings (SSSR count). The molecule has 28 N–H and O–H groups in total. The number of aliphatic hydroxyl groups excluding tert-OH is 16. The molecule has 0 radical (unpaired) electrons. The van der Waals surface area contributed by atoms with Gasteiger partial charge in [0.2, 0.25) is 17.7 Å². The number of likely N-dealkylation sites (tertiary alicyclic amines) is 3. The van der Waals surface area contributed by atoms with Crippen molar-refractivity contribution in [3.05, 3.63) is 0 Å². The van der Waals surface area contributed by atoms with Gasteiger partial charge in [-0.1, -0.05) is 0 Å². The summed E-state index contributed by atoms with van der Waals surface area (Å²) in [5.41, 5.74) is 15.7. The normalized spacial score (nSPS) is 29.7. The highest BCUT2D eigenvalue weighted by Gasteiger charge is 2.52. The number of carboxylic acids is 3. The van der Waals surface area contributed by atoms with Gasteiger partial charge in [-0.3, -0.25) is 40.2 Å². The van der Waals surface area contributed by atoms with Crippen LogP contribution < -0.4 is 17.2 Å². The van der Waals surface area contributed by atoms with Crippen molar-refractivity contribution < 1.29 is 126 Å². The smallest absolute Gasteiger partial charge is 0.333 e. The van der Waals surface area contributed by atoms with E-state index in [0.29, 0.717) is 0 Å². The van der Waals surface area contributed by atoms with Gasteiger partial charge in [0.1, 0.15) is 60.9 Å². The van der Waals surface area contributed by atoms with Crippen molar-refractivity contribution >= 4 is 53.5 Å². The van der Waals surface area contributed by atoms with Crippen LogP contribution in [0.2, 0.25) is 0 Å². The molecule has 14 atom stereocenters. The summed E-state index contributed by atoms with van der Waals surface area (Å²) < 4.78 is 0. The number of aliphatic carboxylic acids is 3. The Balaban J connectivity index is 0.00000100. The minimum Gasteiger partial charge on any atom is -0.481 e. The number of rotatable bonds is 17. The zero-order valence-corrected chi connectivity index (χ0v) is 41.2. The third kappa shape index (κ3) is 18.1. The van der Waals surface area contributed by atoms with Gasteiger partial charge < -0.3 is 144 Å². The molecule has 0 spiro atoms. The highest BCUT2D eigenvalue weighted by molar-refractivity contribution is 5.87. The topological polar surface area (TPSA) is 656 Å². The summed E-state index contributed by atoms with van der Waals surface area (Å²) in [6, 6.07) is -7.04. The van der Waals surface area contributed by atoms with Gasteiger partial charge in [0.25, 0.3) is 0 Å². The second-order valence-corrected chi connectivity index (χ2v) is 17.4. The van der Waals surface area contributed by atoms with Gasteiger partial charge in [-0.25, -0.2) is 4.79 Å². The Morgan fingerprint density at radius 1 is 0.421 bits per heavy atom. The molecule has 3 aliphatic heterocycles. The number of hydrogen-bond acceptors (Lipinski definition) is 25. The largest absolute Gasteiger partial charge is 0.481 e. The molecule has 2 unspecified atom stereocenters. The number of nitrogens with two attached hydrogens (primary N) is 3. The predicted molar refractivity (Wildman–Crippen MR) is 250 cm³/mol. The Morgan fingerprint density at radius 2 is 0.618 bits per heavy atom. The number of piperidine rings is 3. The number of nitrogens with one attached hydrogen (secondary N) is 3. The first-order chi connectivity index (χ1) is 35.1. The van der Waals surface area contributed by atoms with Gasteiger partial charge in [-0.2, -0.15) is 0 Å². The fourth-order valence-corrected chi connectivity index (χ4v) is 7.79. The number of hydrogen-bond donors (Lipinski definition) is 25. The van der Waals surface area contributed by atoms with Crippen LogP contribution in [-0.4, -0.2) is 358 Å². The van der Waals surface area contributed by atoms with Crippen LogP contribution in [0.4, 0.5) is 0 Å². The molecule has 0 bridgehead atoms. The summed E-state index contributed by atoms with van der Waals surface area (Å²) in [5.74, 6) is -9.76. The number of carbonyl (C=O) groups is 6. The van der Waals surface area contributed by atoms with Crippen molar-refractivity contribution in [3.8, 4) is 0 Å². The molecule has 3 saturated heterocycles.